The number of nitrogens with zero attached hydrogens (tertiary/aromatic N) is 2. The number of rotatable bonds is 6. The molecule has 2 aromatic carbocycles. The van der Waals surface area contributed by atoms with E-state index >= 15 is 0 Å². The highest BCUT2D eigenvalue weighted by Gasteiger charge is 2.20. The summed E-state index contributed by atoms with van der Waals surface area (Å²) < 4.78 is 5.11. The smallest absolute Gasteiger partial charge is 0.338 e. The maximum absolute atomic E-state index is 12.3. The molecule has 1 atom stereocenters. The Morgan fingerprint density at radius 2 is 1.97 bits per heavy atom. The van der Waals surface area contributed by atoms with Crippen LogP contribution in [-0.4, -0.2) is 33.0 Å². The van der Waals surface area contributed by atoms with Gasteiger partial charge in [0, 0.05) is 23.1 Å². The summed E-state index contributed by atoms with van der Waals surface area (Å²) in [4.78, 5) is 39.0. The summed E-state index contributed by atoms with van der Waals surface area (Å²) in [7, 11) is 0. The molecule has 29 heavy (non-hydrogen) atoms. The molecule has 0 aliphatic rings. The van der Waals surface area contributed by atoms with Gasteiger partial charge in [-0.1, -0.05) is 12.1 Å². The van der Waals surface area contributed by atoms with Crippen LogP contribution in [0.3, 0.4) is 0 Å². The SMILES string of the molecule is C[C@H](OC(=O)c1ccc(O)cc1)C(=O)Nc1nc(-c2cccc([N+](=O)[O-])c2)cs1. The molecule has 2 N–H and O–H groups in total. The number of phenolic OH excluding ortho intramolecular Hbond substituents is 1. The highest BCUT2D eigenvalue weighted by atomic mass is 32.1. The first-order valence-corrected chi connectivity index (χ1v) is 9.22. The summed E-state index contributed by atoms with van der Waals surface area (Å²) >= 11 is 1.14. The van der Waals surface area contributed by atoms with E-state index < -0.39 is 22.9 Å². The second-order valence-corrected chi connectivity index (χ2v) is 6.79. The Balaban J connectivity index is 1.63. The molecule has 0 unspecified atom stereocenters. The van der Waals surface area contributed by atoms with Crippen molar-refractivity contribution < 1.29 is 24.4 Å². The molecule has 148 valence electrons. The minimum Gasteiger partial charge on any atom is -0.508 e. The fraction of sp³-hybridized carbons (Fsp3) is 0.105. The number of thiazole rings is 1. The van der Waals surface area contributed by atoms with Crippen LogP contribution in [0.1, 0.15) is 17.3 Å². The van der Waals surface area contributed by atoms with Crippen LogP contribution < -0.4 is 5.32 Å². The number of aromatic hydroxyl groups is 1. The van der Waals surface area contributed by atoms with E-state index in [0.29, 0.717) is 11.3 Å². The number of nitro benzene ring substituents is 1. The Bertz CT molecular complexity index is 1060. The van der Waals surface area contributed by atoms with E-state index in [-0.39, 0.29) is 22.1 Å². The summed E-state index contributed by atoms with van der Waals surface area (Å²) in [5.74, 6) is -1.27. The van der Waals surface area contributed by atoms with Gasteiger partial charge in [0.1, 0.15) is 5.75 Å². The van der Waals surface area contributed by atoms with Crippen molar-refractivity contribution in [2.45, 2.75) is 13.0 Å². The molecular formula is C19H15N3O6S. The van der Waals surface area contributed by atoms with Crippen LogP contribution in [-0.2, 0) is 9.53 Å². The maximum Gasteiger partial charge on any atom is 0.338 e. The zero-order valence-electron chi connectivity index (χ0n) is 15.1. The molecule has 10 heteroatoms. The highest BCUT2D eigenvalue weighted by Crippen LogP contribution is 2.27. The number of nitrogens with one attached hydrogen (secondary N) is 1. The second-order valence-electron chi connectivity index (χ2n) is 5.93. The quantitative estimate of drug-likeness (QED) is 0.358. The molecule has 0 aliphatic heterocycles. The van der Waals surface area contributed by atoms with E-state index in [2.05, 4.69) is 10.3 Å². The van der Waals surface area contributed by atoms with Gasteiger partial charge >= 0.3 is 5.97 Å². The number of amides is 1. The summed E-state index contributed by atoms with van der Waals surface area (Å²) in [6.07, 6.45) is -1.08. The van der Waals surface area contributed by atoms with Gasteiger partial charge in [0.25, 0.3) is 11.6 Å². The number of phenols is 1. The normalized spacial score (nSPS) is 11.5. The predicted octanol–water partition coefficient (Wildman–Crippen LogP) is 3.61. The predicted molar refractivity (Wildman–Crippen MR) is 106 cm³/mol. The number of carbonyl (C=O) groups is 2. The molecule has 1 amide bonds. The number of carbonyl (C=O) groups excluding carboxylic acids is 2. The molecule has 3 aromatic rings. The van der Waals surface area contributed by atoms with Crippen LogP contribution >= 0.6 is 11.3 Å². The van der Waals surface area contributed by atoms with Crippen LogP contribution in [0.4, 0.5) is 10.8 Å². The summed E-state index contributed by atoms with van der Waals surface area (Å²) in [5, 5.41) is 24.6. The summed E-state index contributed by atoms with van der Waals surface area (Å²) in [6.45, 7) is 1.42. The number of nitro groups is 1. The van der Waals surface area contributed by atoms with Gasteiger partial charge in [-0.2, -0.15) is 0 Å². The molecule has 0 spiro atoms. The lowest BCUT2D eigenvalue weighted by Crippen LogP contribution is -2.29. The van der Waals surface area contributed by atoms with Gasteiger partial charge in [0.2, 0.25) is 0 Å². The Morgan fingerprint density at radius 1 is 1.24 bits per heavy atom. The number of hydrogen-bond donors (Lipinski definition) is 2. The van der Waals surface area contributed by atoms with Crippen molar-refractivity contribution in [1.29, 1.82) is 0 Å². The topological polar surface area (TPSA) is 132 Å². The van der Waals surface area contributed by atoms with Crippen LogP contribution in [0.15, 0.2) is 53.9 Å². The lowest BCUT2D eigenvalue weighted by molar-refractivity contribution is -0.384. The Kier molecular flexibility index (Phi) is 5.84. The van der Waals surface area contributed by atoms with Crippen molar-refractivity contribution in [3.63, 3.8) is 0 Å². The number of ether oxygens (including phenoxy) is 1. The minimum atomic E-state index is -1.08. The van der Waals surface area contributed by atoms with Gasteiger partial charge in [-0.05, 0) is 31.2 Å². The van der Waals surface area contributed by atoms with E-state index in [1.807, 2.05) is 0 Å². The van der Waals surface area contributed by atoms with E-state index in [4.69, 9.17) is 4.74 Å². The zero-order chi connectivity index (χ0) is 21.0. The Morgan fingerprint density at radius 3 is 2.66 bits per heavy atom. The number of aromatic nitrogens is 1. The standard InChI is InChI=1S/C19H15N3O6S/c1-11(28-18(25)12-5-7-15(23)8-6-12)17(24)21-19-20-16(10-29-19)13-3-2-4-14(9-13)22(26)27/h2-11,23H,1H3,(H,20,21,24)/t11-/m0/s1. The van der Waals surface area contributed by atoms with E-state index in [1.165, 1.54) is 43.3 Å². The third-order valence-electron chi connectivity index (χ3n) is 3.84. The van der Waals surface area contributed by atoms with Gasteiger partial charge in [-0.3, -0.25) is 20.2 Å². The number of non-ortho nitro benzene ring substituents is 1. The number of anilines is 1. The van der Waals surface area contributed by atoms with Crippen molar-refractivity contribution in [2.75, 3.05) is 5.32 Å². The second kappa shape index (κ2) is 8.48. The van der Waals surface area contributed by atoms with Gasteiger partial charge in [-0.25, -0.2) is 9.78 Å². The molecule has 0 saturated heterocycles. The molecule has 3 rings (SSSR count). The zero-order valence-corrected chi connectivity index (χ0v) is 15.9. The monoisotopic (exact) mass is 413 g/mol. The van der Waals surface area contributed by atoms with Gasteiger partial charge in [0.05, 0.1) is 16.2 Å². The highest BCUT2D eigenvalue weighted by molar-refractivity contribution is 7.14. The largest absolute Gasteiger partial charge is 0.508 e. The van der Waals surface area contributed by atoms with Crippen molar-refractivity contribution in [3.05, 3.63) is 69.6 Å². The third-order valence-corrected chi connectivity index (χ3v) is 4.60. The lowest BCUT2D eigenvalue weighted by Gasteiger charge is -2.12. The third kappa shape index (κ3) is 4.93. The first-order valence-electron chi connectivity index (χ1n) is 8.34. The van der Waals surface area contributed by atoms with Gasteiger partial charge in [-0.15, -0.1) is 11.3 Å². The number of hydrogen-bond acceptors (Lipinski definition) is 8. The average molecular weight is 413 g/mol. The van der Waals surface area contributed by atoms with E-state index in [9.17, 15) is 24.8 Å². The molecule has 0 bridgehead atoms. The minimum absolute atomic E-state index is 0.00987. The molecule has 0 aliphatic carbocycles. The van der Waals surface area contributed by atoms with Crippen molar-refractivity contribution in [1.82, 2.24) is 4.98 Å². The van der Waals surface area contributed by atoms with Crippen LogP contribution in [0.2, 0.25) is 0 Å². The molecule has 9 nitrogen and oxygen atoms in total. The lowest BCUT2D eigenvalue weighted by atomic mass is 10.1. The first kappa shape index (κ1) is 20.0. The van der Waals surface area contributed by atoms with Crippen LogP contribution in [0.25, 0.3) is 11.3 Å². The molecule has 1 aromatic heterocycles. The van der Waals surface area contributed by atoms with E-state index in [0.717, 1.165) is 11.3 Å². The number of esters is 1. The molecule has 1 heterocycles. The Hall–Kier alpha value is -3.79. The number of benzene rings is 2. The van der Waals surface area contributed by atoms with Crippen LogP contribution in [0, 0.1) is 10.1 Å². The summed E-state index contributed by atoms with van der Waals surface area (Å²) in [5.41, 5.74) is 1.16. The molecule has 0 radical (unpaired) electrons. The molecule has 0 saturated carbocycles. The van der Waals surface area contributed by atoms with E-state index in [1.54, 1.807) is 17.5 Å². The first-order chi connectivity index (χ1) is 13.8. The Labute approximate surface area is 168 Å². The fourth-order valence-corrected chi connectivity index (χ4v) is 3.05. The molecular weight excluding hydrogens is 398 g/mol. The molecule has 0 fully saturated rings. The van der Waals surface area contributed by atoms with Gasteiger partial charge in [0.15, 0.2) is 11.2 Å². The van der Waals surface area contributed by atoms with Crippen molar-refractivity contribution in [3.8, 4) is 17.0 Å². The average Bonchev–Trinajstić information content (AvgIpc) is 3.17. The fourth-order valence-electron chi connectivity index (χ4n) is 2.33. The van der Waals surface area contributed by atoms with Gasteiger partial charge < -0.3 is 9.84 Å². The van der Waals surface area contributed by atoms with Crippen molar-refractivity contribution >= 4 is 34.0 Å². The summed E-state index contributed by atoms with van der Waals surface area (Å²) in [6, 6.07) is 11.4. The van der Waals surface area contributed by atoms with Crippen LogP contribution in [0.5, 0.6) is 5.75 Å². The van der Waals surface area contributed by atoms with Crippen molar-refractivity contribution in [2.24, 2.45) is 0 Å². The maximum atomic E-state index is 12.3.